The molecule has 1 atom stereocenters. The average Bonchev–Trinajstić information content (AvgIpc) is 2.75. The zero-order chi connectivity index (χ0) is 21.1. The Morgan fingerprint density at radius 1 is 1.00 bits per heavy atom. The Labute approximate surface area is 173 Å². The number of likely N-dealkylation sites (tertiary alicyclic amines) is 1. The molecule has 3 aromatic rings. The topological polar surface area (TPSA) is 90.7 Å². The smallest absolute Gasteiger partial charge is 0.254 e. The van der Waals surface area contributed by atoms with Crippen molar-refractivity contribution in [3.05, 3.63) is 95.3 Å². The number of aromatic hydroxyl groups is 2. The van der Waals surface area contributed by atoms with E-state index < -0.39 is 5.92 Å². The zero-order valence-electron chi connectivity index (χ0n) is 16.1. The number of aromatic nitrogens is 1. The molecule has 1 fully saturated rings. The van der Waals surface area contributed by atoms with E-state index in [4.69, 9.17) is 0 Å². The molecule has 2 aromatic carbocycles. The third kappa shape index (κ3) is 4.07. The van der Waals surface area contributed by atoms with Crippen LogP contribution in [0.25, 0.3) is 6.08 Å². The lowest BCUT2D eigenvalue weighted by molar-refractivity contribution is -0.118. The number of ketones is 1. The molecule has 6 nitrogen and oxygen atoms in total. The van der Waals surface area contributed by atoms with Crippen LogP contribution in [0, 0.1) is 0 Å². The maximum atomic E-state index is 13.2. The van der Waals surface area contributed by atoms with Crippen molar-refractivity contribution in [1.82, 2.24) is 9.88 Å². The van der Waals surface area contributed by atoms with Gasteiger partial charge >= 0.3 is 0 Å². The molecule has 6 heteroatoms. The van der Waals surface area contributed by atoms with Gasteiger partial charge in [-0.1, -0.05) is 36.4 Å². The quantitative estimate of drug-likeness (QED) is 0.658. The molecule has 1 unspecified atom stereocenters. The summed E-state index contributed by atoms with van der Waals surface area (Å²) >= 11 is 0. The summed E-state index contributed by atoms with van der Waals surface area (Å²) in [5.74, 6) is -1.33. The van der Waals surface area contributed by atoms with E-state index in [-0.39, 0.29) is 41.8 Å². The van der Waals surface area contributed by atoms with Gasteiger partial charge < -0.3 is 15.1 Å². The van der Waals surface area contributed by atoms with Gasteiger partial charge in [-0.25, -0.2) is 0 Å². The van der Waals surface area contributed by atoms with E-state index in [2.05, 4.69) is 4.98 Å². The first-order valence-corrected chi connectivity index (χ1v) is 9.54. The van der Waals surface area contributed by atoms with Crippen molar-refractivity contribution >= 4 is 17.8 Å². The highest BCUT2D eigenvalue weighted by molar-refractivity contribution is 6.07. The number of hydrogen-bond acceptors (Lipinski definition) is 5. The summed E-state index contributed by atoms with van der Waals surface area (Å²) in [5, 5.41) is 19.5. The lowest BCUT2D eigenvalue weighted by Crippen LogP contribution is -2.44. The molecule has 30 heavy (non-hydrogen) atoms. The molecule has 1 saturated heterocycles. The van der Waals surface area contributed by atoms with Crippen LogP contribution in [0.15, 0.2) is 78.5 Å². The maximum absolute atomic E-state index is 13.2. The standard InChI is InChI=1S/C24H20N2O4/c27-20-11-17(12-21(28)13-20)24(30)26-14-18(10-19-8-4-5-9-25-19)23(29)22(15-26)16-6-2-1-3-7-16/h1-13,22,27-28H,14-15H2. The molecule has 0 aliphatic carbocycles. The van der Waals surface area contributed by atoms with Crippen LogP contribution in [-0.2, 0) is 4.79 Å². The number of phenols is 2. The summed E-state index contributed by atoms with van der Waals surface area (Å²) in [6.07, 6.45) is 3.35. The molecule has 1 amide bonds. The molecule has 0 bridgehead atoms. The largest absolute Gasteiger partial charge is 0.508 e. The lowest BCUT2D eigenvalue weighted by Gasteiger charge is -2.34. The van der Waals surface area contributed by atoms with Gasteiger partial charge in [-0.05, 0) is 35.9 Å². The normalized spacial score (nSPS) is 17.9. The molecule has 0 spiro atoms. The highest BCUT2D eigenvalue weighted by Gasteiger charge is 2.35. The second-order valence-corrected chi connectivity index (χ2v) is 7.18. The molecule has 0 radical (unpaired) electrons. The van der Waals surface area contributed by atoms with Gasteiger partial charge in [-0.15, -0.1) is 0 Å². The van der Waals surface area contributed by atoms with E-state index in [1.54, 1.807) is 29.3 Å². The van der Waals surface area contributed by atoms with Crippen molar-refractivity contribution in [3.8, 4) is 11.5 Å². The number of carbonyl (C=O) groups is 2. The number of pyridine rings is 1. The van der Waals surface area contributed by atoms with Crippen LogP contribution in [-0.4, -0.2) is 44.9 Å². The minimum absolute atomic E-state index is 0.0466. The number of amides is 1. The predicted molar refractivity (Wildman–Crippen MR) is 112 cm³/mol. The summed E-state index contributed by atoms with van der Waals surface area (Å²) in [6, 6.07) is 18.5. The number of benzene rings is 2. The lowest BCUT2D eigenvalue weighted by atomic mass is 9.85. The monoisotopic (exact) mass is 400 g/mol. The number of rotatable bonds is 3. The summed E-state index contributed by atoms with van der Waals surface area (Å²) in [7, 11) is 0. The van der Waals surface area contributed by atoms with Crippen LogP contribution in [0.3, 0.4) is 0 Å². The number of Topliss-reactive ketones (excluding diaryl/α,β-unsaturated/α-hetero) is 1. The Bertz CT molecular complexity index is 1090. The molecular weight excluding hydrogens is 380 g/mol. The predicted octanol–water partition coefficient (Wildman–Crippen LogP) is 3.39. The number of piperidine rings is 1. The Hall–Kier alpha value is -3.93. The van der Waals surface area contributed by atoms with Crippen LogP contribution in [0.1, 0.15) is 27.5 Å². The summed E-state index contributed by atoms with van der Waals surface area (Å²) in [6.45, 7) is 0.325. The number of carbonyl (C=O) groups excluding carboxylic acids is 2. The Morgan fingerprint density at radius 3 is 2.37 bits per heavy atom. The van der Waals surface area contributed by atoms with Crippen molar-refractivity contribution in [2.75, 3.05) is 13.1 Å². The fraction of sp³-hybridized carbons (Fsp3) is 0.125. The van der Waals surface area contributed by atoms with Crippen LogP contribution < -0.4 is 0 Å². The van der Waals surface area contributed by atoms with E-state index in [0.29, 0.717) is 11.3 Å². The molecule has 4 rings (SSSR count). The highest BCUT2D eigenvalue weighted by atomic mass is 16.3. The Kier molecular flexibility index (Phi) is 5.30. The van der Waals surface area contributed by atoms with Crippen molar-refractivity contribution in [2.45, 2.75) is 5.92 Å². The molecule has 1 aliphatic rings. The molecule has 1 aromatic heterocycles. The van der Waals surface area contributed by atoms with Gasteiger partial charge in [0.15, 0.2) is 5.78 Å². The SMILES string of the molecule is O=C1C(=Cc2ccccn2)CN(C(=O)c2cc(O)cc(O)c2)CC1c1ccccc1. The highest BCUT2D eigenvalue weighted by Crippen LogP contribution is 2.30. The molecule has 1 aliphatic heterocycles. The minimum atomic E-state index is -0.509. The van der Waals surface area contributed by atoms with Gasteiger partial charge in [-0.2, -0.15) is 0 Å². The van der Waals surface area contributed by atoms with Crippen molar-refractivity contribution in [2.24, 2.45) is 0 Å². The van der Waals surface area contributed by atoms with E-state index in [1.807, 2.05) is 36.4 Å². The van der Waals surface area contributed by atoms with E-state index in [1.165, 1.54) is 12.1 Å². The Morgan fingerprint density at radius 2 is 1.70 bits per heavy atom. The van der Waals surface area contributed by atoms with Gasteiger partial charge in [0.25, 0.3) is 5.91 Å². The van der Waals surface area contributed by atoms with Crippen LogP contribution in [0.2, 0.25) is 0 Å². The van der Waals surface area contributed by atoms with Crippen LogP contribution in [0.5, 0.6) is 11.5 Å². The number of nitrogens with zero attached hydrogens (tertiary/aromatic N) is 2. The second kappa shape index (κ2) is 8.21. The van der Waals surface area contributed by atoms with Gasteiger partial charge in [-0.3, -0.25) is 14.6 Å². The minimum Gasteiger partial charge on any atom is -0.508 e. The number of hydrogen-bond donors (Lipinski definition) is 2. The molecular formula is C24H20N2O4. The van der Waals surface area contributed by atoms with Gasteiger partial charge in [0.2, 0.25) is 0 Å². The Balaban J connectivity index is 1.72. The fourth-order valence-corrected chi connectivity index (χ4v) is 3.63. The first-order chi connectivity index (χ1) is 14.5. The third-order valence-electron chi connectivity index (χ3n) is 5.05. The first-order valence-electron chi connectivity index (χ1n) is 9.54. The maximum Gasteiger partial charge on any atom is 0.254 e. The van der Waals surface area contributed by atoms with E-state index in [9.17, 15) is 19.8 Å². The second-order valence-electron chi connectivity index (χ2n) is 7.18. The average molecular weight is 400 g/mol. The molecule has 0 saturated carbocycles. The van der Waals surface area contributed by atoms with Gasteiger partial charge in [0.1, 0.15) is 11.5 Å². The third-order valence-corrected chi connectivity index (χ3v) is 5.05. The van der Waals surface area contributed by atoms with Crippen LogP contribution >= 0.6 is 0 Å². The van der Waals surface area contributed by atoms with Crippen molar-refractivity contribution in [3.63, 3.8) is 0 Å². The molecule has 150 valence electrons. The summed E-state index contributed by atoms with van der Waals surface area (Å²) in [5.41, 5.74) is 2.10. The number of phenolic OH excluding ortho intramolecular Hbond substituents is 2. The van der Waals surface area contributed by atoms with Crippen molar-refractivity contribution in [1.29, 1.82) is 0 Å². The zero-order valence-corrected chi connectivity index (χ0v) is 16.1. The molecule has 2 heterocycles. The van der Waals surface area contributed by atoms with E-state index in [0.717, 1.165) is 11.6 Å². The summed E-state index contributed by atoms with van der Waals surface area (Å²) < 4.78 is 0. The van der Waals surface area contributed by atoms with Gasteiger partial charge in [0, 0.05) is 36.5 Å². The molecule has 2 N–H and O–H groups in total. The van der Waals surface area contributed by atoms with Crippen molar-refractivity contribution < 1.29 is 19.8 Å². The summed E-state index contributed by atoms with van der Waals surface area (Å²) in [4.78, 5) is 32.2. The first kappa shape index (κ1) is 19.4. The fourth-order valence-electron chi connectivity index (χ4n) is 3.63. The van der Waals surface area contributed by atoms with Gasteiger partial charge in [0.05, 0.1) is 11.6 Å². The van der Waals surface area contributed by atoms with E-state index >= 15 is 0 Å². The van der Waals surface area contributed by atoms with Crippen LogP contribution in [0.4, 0.5) is 0 Å².